The van der Waals surface area contributed by atoms with Crippen LogP contribution in [0, 0.1) is 0 Å². The zero-order valence-electron chi connectivity index (χ0n) is 8.68. The van der Waals surface area contributed by atoms with Crippen LogP contribution >= 0.6 is 0 Å². The molecule has 0 radical (unpaired) electrons. The highest BCUT2D eigenvalue weighted by Crippen LogP contribution is 2.15. The third-order valence-electron chi connectivity index (χ3n) is 2.29. The quantitative estimate of drug-likeness (QED) is 0.791. The van der Waals surface area contributed by atoms with Crippen molar-refractivity contribution in [2.45, 2.75) is 30.7 Å². The van der Waals surface area contributed by atoms with E-state index in [9.17, 15) is 8.42 Å². The summed E-state index contributed by atoms with van der Waals surface area (Å²) in [6.07, 6.45) is 1.34. The van der Waals surface area contributed by atoms with Crippen molar-refractivity contribution in [3.8, 4) is 0 Å². The monoisotopic (exact) mass is 228 g/mol. The fourth-order valence-electron chi connectivity index (χ4n) is 1.38. The summed E-state index contributed by atoms with van der Waals surface area (Å²) in [5, 5.41) is 5.11. The average molecular weight is 228 g/mol. The van der Waals surface area contributed by atoms with Gasteiger partial charge in [0.05, 0.1) is 4.90 Å². The van der Waals surface area contributed by atoms with Gasteiger partial charge in [0, 0.05) is 6.04 Å². The second kappa shape index (κ2) is 4.74. The van der Waals surface area contributed by atoms with Gasteiger partial charge in [0.25, 0.3) is 0 Å². The molecule has 0 saturated heterocycles. The molecule has 0 aliphatic rings. The van der Waals surface area contributed by atoms with E-state index in [1.54, 1.807) is 18.2 Å². The highest BCUT2D eigenvalue weighted by atomic mass is 32.2. The van der Waals surface area contributed by atoms with E-state index in [-0.39, 0.29) is 10.9 Å². The van der Waals surface area contributed by atoms with Crippen LogP contribution in [-0.4, -0.2) is 14.5 Å². The Hall–Kier alpha value is -0.910. The molecule has 0 heterocycles. The summed E-state index contributed by atoms with van der Waals surface area (Å²) >= 11 is 0. The number of benzene rings is 1. The molecule has 0 aliphatic heterocycles. The first-order valence-electron chi connectivity index (χ1n) is 4.81. The topological polar surface area (TPSA) is 86.2 Å². The molecule has 4 nitrogen and oxygen atoms in total. The van der Waals surface area contributed by atoms with Gasteiger partial charge in [0.15, 0.2) is 0 Å². The minimum Gasteiger partial charge on any atom is -0.327 e. The van der Waals surface area contributed by atoms with Crippen LogP contribution in [0.1, 0.15) is 18.9 Å². The number of hydrogen-bond donors (Lipinski definition) is 2. The van der Waals surface area contributed by atoms with Crippen molar-refractivity contribution in [3.63, 3.8) is 0 Å². The molecule has 0 fully saturated rings. The first kappa shape index (κ1) is 12.2. The molecule has 1 rings (SSSR count). The second-order valence-electron chi connectivity index (χ2n) is 3.53. The maximum Gasteiger partial charge on any atom is 0.238 e. The molecule has 5 heteroatoms. The summed E-state index contributed by atoms with van der Waals surface area (Å²) in [4.78, 5) is 0.175. The Balaban J connectivity index is 3.08. The maximum absolute atomic E-state index is 11.3. The number of nitrogens with two attached hydrogens (primary N) is 2. The van der Waals surface area contributed by atoms with Crippen LogP contribution in [0.25, 0.3) is 0 Å². The predicted molar refractivity (Wildman–Crippen MR) is 59.8 cm³/mol. The molecule has 0 spiro atoms. The van der Waals surface area contributed by atoms with Crippen molar-refractivity contribution in [2.75, 3.05) is 0 Å². The third kappa shape index (κ3) is 3.30. The van der Waals surface area contributed by atoms with E-state index in [1.165, 1.54) is 6.07 Å². The predicted octanol–water partition coefficient (Wildman–Crippen LogP) is 0.614. The van der Waals surface area contributed by atoms with E-state index in [0.29, 0.717) is 12.0 Å². The molecular formula is C10H16N2O2S. The van der Waals surface area contributed by atoms with Gasteiger partial charge in [-0.2, -0.15) is 0 Å². The van der Waals surface area contributed by atoms with Gasteiger partial charge in [-0.05, 0) is 24.5 Å². The largest absolute Gasteiger partial charge is 0.327 e. The minimum atomic E-state index is -3.64. The molecule has 84 valence electrons. The smallest absolute Gasteiger partial charge is 0.238 e. The van der Waals surface area contributed by atoms with Crippen LogP contribution in [0.3, 0.4) is 0 Å². The molecule has 1 unspecified atom stereocenters. The summed E-state index contributed by atoms with van der Waals surface area (Å²) in [5.74, 6) is 0. The van der Waals surface area contributed by atoms with Gasteiger partial charge in [-0.25, -0.2) is 13.6 Å². The number of rotatable bonds is 4. The van der Waals surface area contributed by atoms with E-state index in [0.717, 1.165) is 6.42 Å². The molecule has 15 heavy (non-hydrogen) atoms. The highest BCUT2D eigenvalue weighted by Gasteiger charge is 2.14. The Morgan fingerprint density at radius 2 is 1.93 bits per heavy atom. The number of hydrogen-bond acceptors (Lipinski definition) is 3. The molecule has 0 aliphatic carbocycles. The number of sulfonamides is 1. The van der Waals surface area contributed by atoms with E-state index in [1.807, 2.05) is 6.92 Å². The SMILES string of the molecule is CCC(N)Cc1ccccc1S(N)(=O)=O. The van der Waals surface area contributed by atoms with Crippen molar-refractivity contribution < 1.29 is 8.42 Å². The Bertz CT molecular complexity index is 429. The van der Waals surface area contributed by atoms with Gasteiger partial charge < -0.3 is 5.73 Å². The van der Waals surface area contributed by atoms with Gasteiger partial charge in [-0.3, -0.25) is 0 Å². The van der Waals surface area contributed by atoms with Crippen LogP contribution in [0.5, 0.6) is 0 Å². The standard InChI is InChI=1S/C10H16N2O2S/c1-2-9(11)7-8-5-3-4-6-10(8)15(12,13)14/h3-6,9H,2,7,11H2,1H3,(H2,12,13,14). The average Bonchev–Trinajstić information content (AvgIpc) is 2.17. The van der Waals surface area contributed by atoms with Gasteiger partial charge in [-0.15, -0.1) is 0 Å². The van der Waals surface area contributed by atoms with Crippen molar-refractivity contribution >= 4 is 10.0 Å². The lowest BCUT2D eigenvalue weighted by atomic mass is 10.1. The molecule has 1 aromatic carbocycles. The Morgan fingerprint density at radius 1 is 1.33 bits per heavy atom. The van der Waals surface area contributed by atoms with Crippen molar-refractivity contribution in [1.29, 1.82) is 0 Å². The zero-order chi connectivity index (χ0) is 11.5. The van der Waals surface area contributed by atoms with E-state index < -0.39 is 10.0 Å². The van der Waals surface area contributed by atoms with Crippen LogP contribution in [-0.2, 0) is 16.4 Å². The maximum atomic E-state index is 11.3. The second-order valence-corrected chi connectivity index (χ2v) is 5.06. The highest BCUT2D eigenvalue weighted by molar-refractivity contribution is 7.89. The molecule has 1 atom stereocenters. The van der Waals surface area contributed by atoms with Crippen molar-refractivity contribution in [3.05, 3.63) is 29.8 Å². The van der Waals surface area contributed by atoms with Crippen molar-refractivity contribution in [1.82, 2.24) is 0 Å². The molecule has 0 bridgehead atoms. The van der Waals surface area contributed by atoms with Crippen molar-refractivity contribution in [2.24, 2.45) is 10.9 Å². The summed E-state index contributed by atoms with van der Waals surface area (Å²) in [6, 6.07) is 6.66. The van der Waals surface area contributed by atoms with E-state index >= 15 is 0 Å². The summed E-state index contributed by atoms with van der Waals surface area (Å²) in [5.41, 5.74) is 6.47. The molecule has 4 N–H and O–H groups in total. The molecule has 1 aromatic rings. The lowest BCUT2D eigenvalue weighted by Crippen LogP contribution is -2.23. The molecule has 0 aromatic heterocycles. The van der Waals surface area contributed by atoms with Gasteiger partial charge in [-0.1, -0.05) is 25.1 Å². The Kier molecular flexibility index (Phi) is 3.84. The van der Waals surface area contributed by atoms with Crippen LogP contribution in [0.2, 0.25) is 0 Å². The first-order chi connectivity index (χ1) is 6.95. The Morgan fingerprint density at radius 3 is 2.47 bits per heavy atom. The van der Waals surface area contributed by atoms with Gasteiger partial charge >= 0.3 is 0 Å². The van der Waals surface area contributed by atoms with E-state index in [2.05, 4.69) is 0 Å². The summed E-state index contributed by atoms with van der Waals surface area (Å²) in [6.45, 7) is 1.96. The summed E-state index contributed by atoms with van der Waals surface area (Å²) < 4.78 is 22.5. The van der Waals surface area contributed by atoms with Gasteiger partial charge in [0.2, 0.25) is 10.0 Å². The fraction of sp³-hybridized carbons (Fsp3) is 0.400. The van der Waals surface area contributed by atoms with Crippen LogP contribution < -0.4 is 10.9 Å². The molecular weight excluding hydrogens is 212 g/mol. The van der Waals surface area contributed by atoms with E-state index in [4.69, 9.17) is 10.9 Å². The third-order valence-corrected chi connectivity index (χ3v) is 3.30. The zero-order valence-corrected chi connectivity index (χ0v) is 9.50. The van der Waals surface area contributed by atoms with Crippen LogP contribution in [0.15, 0.2) is 29.2 Å². The Labute approximate surface area is 90.3 Å². The minimum absolute atomic E-state index is 0.0344. The normalized spacial score (nSPS) is 13.8. The van der Waals surface area contributed by atoms with Crippen LogP contribution in [0.4, 0.5) is 0 Å². The molecule has 0 saturated carbocycles. The lowest BCUT2D eigenvalue weighted by Gasteiger charge is -2.11. The lowest BCUT2D eigenvalue weighted by molar-refractivity contribution is 0.593. The first-order valence-corrected chi connectivity index (χ1v) is 6.36. The molecule has 0 amide bonds. The summed E-state index contributed by atoms with van der Waals surface area (Å²) in [7, 11) is -3.64. The fourth-order valence-corrected chi connectivity index (χ4v) is 2.16. The van der Waals surface area contributed by atoms with Gasteiger partial charge in [0.1, 0.15) is 0 Å². The number of primary sulfonamides is 1.